The largest absolute Gasteiger partial charge is 0.497 e. The lowest BCUT2D eigenvalue weighted by Crippen LogP contribution is -2.41. The van der Waals surface area contributed by atoms with E-state index in [0.717, 1.165) is 22.7 Å². The molecule has 0 unspecified atom stereocenters. The van der Waals surface area contributed by atoms with E-state index >= 15 is 0 Å². The molecule has 0 spiro atoms. The lowest BCUT2D eigenvalue weighted by Gasteiger charge is -2.33. The summed E-state index contributed by atoms with van der Waals surface area (Å²) >= 11 is 7.58. The highest BCUT2D eigenvalue weighted by molar-refractivity contribution is 8.00. The highest BCUT2D eigenvalue weighted by atomic mass is 35.5. The van der Waals surface area contributed by atoms with Crippen molar-refractivity contribution in [3.05, 3.63) is 64.4 Å². The summed E-state index contributed by atoms with van der Waals surface area (Å²) in [7, 11) is 1.63. The maximum Gasteiger partial charge on any atom is 0.240 e. The van der Waals surface area contributed by atoms with E-state index in [2.05, 4.69) is 20.9 Å². The van der Waals surface area contributed by atoms with Gasteiger partial charge in [0.25, 0.3) is 0 Å². The van der Waals surface area contributed by atoms with Crippen molar-refractivity contribution in [2.45, 2.75) is 30.3 Å². The zero-order chi connectivity index (χ0) is 20.5. The molecule has 2 atom stereocenters. The van der Waals surface area contributed by atoms with Gasteiger partial charge in [-0.1, -0.05) is 41.6 Å². The summed E-state index contributed by atoms with van der Waals surface area (Å²) in [5.41, 5.74) is 5.87. The van der Waals surface area contributed by atoms with Crippen LogP contribution in [0.15, 0.2) is 47.6 Å². The number of halogens is 1. The van der Waals surface area contributed by atoms with Gasteiger partial charge in [0.1, 0.15) is 16.8 Å². The number of anilines is 1. The second-order valence-electron chi connectivity index (χ2n) is 6.69. The molecule has 0 radical (unpaired) electrons. The van der Waals surface area contributed by atoms with Crippen molar-refractivity contribution in [3.8, 4) is 5.75 Å². The quantitative estimate of drug-likeness (QED) is 0.653. The fourth-order valence-corrected chi connectivity index (χ4v) is 4.47. The molecule has 1 aliphatic heterocycles. The van der Waals surface area contributed by atoms with Gasteiger partial charge in [0.2, 0.25) is 11.1 Å². The maximum absolute atomic E-state index is 13.3. The topological polar surface area (TPSA) is 81.1 Å². The van der Waals surface area contributed by atoms with Crippen LogP contribution in [0.3, 0.4) is 0 Å². The molecule has 2 heterocycles. The number of nitrogens with one attached hydrogen (secondary N) is 2. The normalized spacial score (nSPS) is 17.9. The molecule has 9 heteroatoms. The molecule has 2 aromatic carbocycles. The monoisotopic (exact) mass is 429 g/mol. The molecule has 0 saturated carbocycles. The highest BCUT2D eigenvalue weighted by Crippen LogP contribution is 2.38. The Bertz CT molecular complexity index is 1050. The molecular formula is C20H20ClN5O2S. The summed E-state index contributed by atoms with van der Waals surface area (Å²) < 4.78 is 7.07. The van der Waals surface area contributed by atoms with Crippen LogP contribution in [0.1, 0.15) is 23.0 Å². The number of thioether (sulfide) groups is 1. The molecule has 1 aromatic heterocycles. The molecule has 3 aromatic rings. The van der Waals surface area contributed by atoms with E-state index in [4.69, 9.17) is 16.3 Å². The van der Waals surface area contributed by atoms with Crippen LogP contribution in [-0.4, -0.2) is 33.1 Å². The molecule has 0 aliphatic carbocycles. The number of benzene rings is 2. The van der Waals surface area contributed by atoms with Crippen LogP contribution < -0.4 is 15.5 Å². The number of hydrogen-bond donors (Lipinski definition) is 2. The van der Waals surface area contributed by atoms with E-state index < -0.39 is 5.25 Å². The summed E-state index contributed by atoms with van der Waals surface area (Å²) in [6.07, 6.45) is 0. The van der Waals surface area contributed by atoms with Gasteiger partial charge in [0.05, 0.1) is 13.2 Å². The maximum atomic E-state index is 13.3. The van der Waals surface area contributed by atoms with E-state index in [1.807, 2.05) is 54.9 Å². The number of aromatic nitrogens is 3. The van der Waals surface area contributed by atoms with Crippen molar-refractivity contribution in [1.29, 1.82) is 0 Å². The summed E-state index contributed by atoms with van der Waals surface area (Å²) in [4.78, 5) is 13.3. The Morgan fingerprint density at radius 1 is 1.21 bits per heavy atom. The molecule has 29 heavy (non-hydrogen) atoms. The van der Waals surface area contributed by atoms with Crippen LogP contribution in [-0.2, 0) is 4.79 Å². The minimum Gasteiger partial charge on any atom is -0.497 e. The fraction of sp³-hybridized carbons (Fsp3) is 0.250. The first-order valence-corrected chi connectivity index (χ1v) is 10.3. The lowest BCUT2D eigenvalue weighted by molar-refractivity contribution is -0.116. The third-order valence-electron chi connectivity index (χ3n) is 4.86. The molecular weight excluding hydrogens is 410 g/mol. The zero-order valence-corrected chi connectivity index (χ0v) is 17.7. The summed E-state index contributed by atoms with van der Waals surface area (Å²) in [5, 5.41) is 12.1. The minimum atomic E-state index is -0.460. The molecule has 2 N–H and O–H groups in total. The summed E-state index contributed by atoms with van der Waals surface area (Å²) in [5.74, 6) is 1.35. The predicted octanol–water partition coefficient (Wildman–Crippen LogP) is 3.95. The van der Waals surface area contributed by atoms with Gasteiger partial charge in [-0.25, -0.2) is 4.68 Å². The molecule has 0 saturated heterocycles. The van der Waals surface area contributed by atoms with Crippen LogP contribution in [0.4, 0.5) is 5.69 Å². The second kappa shape index (κ2) is 7.96. The number of fused-ring (bicyclic) bond motifs is 1. The standard InChI is InChI=1S/C20H20ClN5O2S/c1-11-15(21)5-4-6-16(11)22-19(27)18-17(13-7-9-14(28-3)10-8-13)25-26-12(2)23-24-20(26)29-18/h4-10,17-18,25H,1-3H3,(H,22,27)/t17-,18+/m0/s1. The Hall–Kier alpha value is -2.71. The van der Waals surface area contributed by atoms with Gasteiger partial charge in [-0.15, -0.1) is 10.2 Å². The third kappa shape index (κ3) is 3.77. The first-order valence-electron chi connectivity index (χ1n) is 9.03. The Morgan fingerprint density at radius 2 is 1.97 bits per heavy atom. The van der Waals surface area contributed by atoms with Gasteiger partial charge < -0.3 is 15.5 Å². The minimum absolute atomic E-state index is 0.138. The highest BCUT2D eigenvalue weighted by Gasteiger charge is 2.37. The van der Waals surface area contributed by atoms with Crippen molar-refractivity contribution in [2.75, 3.05) is 17.9 Å². The Morgan fingerprint density at radius 3 is 2.69 bits per heavy atom. The number of nitrogens with zero attached hydrogens (tertiary/aromatic N) is 3. The molecule has 1 amide bonds. The van der Waals surface area contributed by atoms with Gasteiger partial charge in [-0.2, -0.15) is 0 Å². The first-order chi connectivity index (χ1) is 14.0. The van der Waals surface area contributed by atoms with Crippen LogP contribution in [0.25, 0.3) is 0 Å². The van der Waals surface area contributed by atoms with Crippen molar-refractivity contribution in [1.82, 2.24) is 14.9 Å². The number of carbonyl (C=O) groups excluding carboxylic acids is 1. The van der Waals surface area contributed by atoms with Gasteiger partial charge in [0, 0.05) is 10.7 Å². The van der Waals surface area contributed by atoms with E-state index in [0.29, 0.717) is 15.9 Å². The van der Waals surface area contributed by atoms with Crippen LogP contribution in [0, 0.1) is 13.8 Å². The lowest BCUT2D eigenvalue weighted by atomic mass is 10.0. The number of ether oxygens (including phenoxy) is 1. The average molecular weight is 430 g/mol. The third-order valence-corrected chi connectivity index (χ3v) is 6.48. The fourth-order valence-electron chi connectivity index (χ4n) is 3.17. The van der Waals surface area contributed by atoms with Gasteiger partial charge in [-0.05, 0) is 49.2 Å². The Labute approximate surface area is 177 Å². The van der Waals surface area contributed by atoms with E-state index in [1.165, 1.54) is 11.8 Å². The van der Waals surface area contributed by atoms with Crippen LogP contribution in [0.5, 0.6) is 5.75 Å². The van der Waals surface area contributed by atoms with Gasteiger partial charge in [-0.3, -0.25) is 4.79 Å². The molecule has 7 nitrogen and oxygen atoms in total. The SMILES string of the molecule is COc1ccc([C@@H]2Nn3c(C)nnc3S[C@H]2C(=O)Nc2cccc(Cl)c2C)cc1. The molecule has 0 bridgehead atoms. The van der Waals surface area contributed by atoms with Gasteiger partial charge >= 0.3 is 0 Å². The van der Waals surface area contributed by atoms with Crippen LogP contribution in [0.2, 0.25) is 5.02 Å². The van der Waals surface area contributed by atoms with E-state index in [-0.39, 0.29) is 11.9 Å². The Balaban J connectivity index is 1.67. The first kappa shape index (κ1) is 19.6. The molecule has 150 valence electrons. The second-order valence-corrected chi connectivity index (χ2v) is 8.20. The number of carbonyl (C=O) groups is 1. The van der Waals surface area contributed by atoms with Crippen molar-refractivity contribution < 1.29 is 9.53 Å². The summed E-state index contributed by atoms with van der Waals surface area (Å²) in [6.45, 7) is 3.75. The number of aryl methyl sites for hydroxylation is 1. The summed E-state index contributed by atoms with van der Waals surface area (Å²) in [6, 6.07) is 12.8. The number of hydrogen-bond acceptors (Lipinski definition) is 6. The average Bonchev–Trinajstić information content (AvgIpc) is 3.10. The van der Waals surface area contributed by atoms with Crippen LogP contribution >= 0.6 is 23.4 Å². The van der Waals surface area contributed by atoms with Crippen molar-refractivity contribution >= 4 is 35.0 Å². The molecule has 4 rings (SSSR count). The van der Waals surface area contributed by atoms with Crippen molar-refractivity contribution in [2.24, 2.45) is 0 Å². The number of rotatable bonds is 4. The van der Waals surface area contributed by atoms with E-state index in [1.54, 1.807) is 13.2 Å². The van der Waals surface area contributed by atoms with Gasteiger partial charge in [0.15, 0.2) is 0 Å². The smallest absolute Gasteiger partial charge is 0.240 e. The van der Waals surface area contributed by atoms with Crippen molar-refractivity contribution in [3.63, 3.8) is 0 Å². The number of amides is 1. The van der Waals surface area contributed by atoms with E-state index in [9.17, 15) is 4.79 Å². The Kier molecular flexibility index (Phi) is 5.38. The molecule has 0 fully saturated rings. The molecule has 1 aliphatic rings. The zero-order valence-electron chi connectivity index (χ0n) is 16.1. The number of methoxy groups -OCH3 is 1. The predicted molar refractivity (Wildman–Crippen MR) is 114 cm³/mol.